The fraction of sp³-hybridized carbons (Fsp3) is 0.533. The highest BCUT2D eigenvalue weighted by molar-refractivity contribution is 5.97. The van der Waals surface area contributed by atoms with Crippen LogP contribution in [0.4, 0.5) is 0 Å². The van der Waals surface area contributed by atoms with Gasteiger partial charge in [0, 0.05) is 11.6 Å². The second kappa shape index (κ2) is 5.46. The molecule has 0 saturated heterocycles. The van der Waals surface area contributed by atoms with Gasteiger partial charge in [0.25, 0.3) is 0 Å². The van der Waals surface area contributed by atoms with Gasteiger partial charge in [-0.2, -0.15) is 0 Å². The van der Waals surface area contributed by atoms with Crippen LogP contribution >= 0.6 is 0 Å². The molecule has 0 unspecified atom stereocenters. The third kappa shape index (κ3) is 3.40. The van der Waals surface area contributed by atoms with Gasteiger partial charge in [0.1, 0.15) is 0 Å². The summed E-state index contributed by atoms with van der Waals surface area (Å²) in [6.07, 6.45) is 4.74. The third-order valence-corrected chi connectivity index (χ3v) is 3.38. The lowest BCUT2D eigenvalue weighted by Gasteiger charge is -2.14. The van der Waals surface area contributed by atoms with Crippen molar-refractivity contribution in [2.45, 2.75) is 38.6 Å². The van der Waals surface area contributed by atoms with Gasteiger partial charge in [-0.15, -0.1) is 0 Å². The summed E-state index contributed by atoms with van der Waals surface area (Å²) >= 11 is 0. The predicted octanol–water partition coefficient (Wildman–Crippen LogP) is 2.92. The largest absolute Gasteiger partial charge is 0.296 e. The Labute approximate surface area is 104 Å². The molecule has 1 aromatic rings. The van der Waals surface area contributed by atoms with Crippen LogP contribution in [0, 0.1) is 0 Å². The minimum absolute atomic E-state index is 0.238. The molecule has 1 aromatic carbocycles. The van der Waals surface area contributed by atoms with E-state index in [0.29, 0.717) is 12.6 Å². The van der Waals surface area contributed by atoms with Gasteiger partial charge in [-0.1, -0.05) is 37.6 Å². The molecule has 1 aliphatic rings. The third-order valence-electron chi connectivity index (χ3n) is 3.38. The summed E-state index contributed by atoms with van der Waals surface area (Å²) in [5.74, 6) is 0.238. The highest BCUT2D eigenvalue weighted by Crippen LogP contribution is 2.25. The molecular formula is C15H21NO. The maximum absolute atomic E-state index is 12.0. The van der Waals surface area contributed by atoms with Crippen molar-refractivity contribution in [1.29, 1.82) is 0 Å². The van der Waals surface area contributed by atoms with Crippen molar-refractivity contribution in [3.8, 4) is 0 Å². The quantitative estimate of drug-likeness (QED) is 0.702. The van der Waals surface area contributed by atoms with Crippen LogP contribution in [0.3, 0.4) is 0 Å². The number of hydrogen-bond donors (Lipinski definition) is 0. The molecule has 2 rings (SSSR count). The number of aryl methyl sites for hydroxylation is 1. The average Bonchev–Trinajstić information content (AvgIpc) is 3.14. The van der Waals surface area contributed by atoms with Gasteiger partial charge in [0.15, 0.2) is 5.78 Å². The maximum atomic E-state index is 12.0. The zero-order valence-electron chi connectivity index (χ0n) is 10.8. The Kier molecular flexibility index (Phi) is 3.95. The summed E-state index contributed by atoms with van der Waals surface area (Å²) in [6, 6.07) is 8.74. The minimum Gasteiger partial charge on any atom is -0.296 e. The van der Waals surface area contributed by atoms with Gasteiger partial charge in [0.05, 0.1) is 6.54 Å². The van der Waals surface area contributed by atoms with E-state index in [9.17, 15) is 4.79 Å². The second-order valence-corrected chi connectivity index (χ2v) is 5.02. The fourth-order valence-corrected chi connectivity index (χ4v) is 2.11. The second-order valence-electron chi connectivity index (χ2n) is 5.02. The molecule has 2 heteroatoms. The number of Topliss-reactive ketones (excluding diaryl/α,β-unsaturated/α-hetero) is 1. The molecule has 0 bridgehead atoms. The smallest absolute Gasteiger partial charge is 0.176 e. The summed E-state index contributed by atoms with van der Waals surface area (Å²) in [5.41, 5.74) is 2.16. The molecule has 1 fully saturated rings. The minimum atomic E-state index is 0.238. The molecular weight excluding hydrogens is 210 g/mol. The molecule has 2 nitrogen and oxygen atoms in total. The molecule has 92 valence electrons. The van der Waals surface area contributed by atoms with E-state index in [4.69, 9.17) is 0 Å². The van der Waals surface area contributed by atoms with E-state index in [1.54, 1.807) is 0 Å². The summed E-state index contributed by atoms with van der Waals surface area (Å²) in [6.45, 7) is 2.72. The van der Waals surface area contributed by atoms with E-state index in [2.05, 4.69) is 24.0 Å². The molecule has 1 aliphatic carbocycles. The number of benzene rings is 1. The molecule has 0 amide bonds. The number of carbonyl (C=O) groups is 1. The van der Waals surface area contributed by atoms with Crippen molar-refractivity contribution in [1.82, 2.24) is 4.90 Å². The van der Waals surface area contributed by atoms with Gasteiger partial charge in [-0.3, -0.25) is 9.69 Å². The van der Waals surface area contributed by atoms with E-state index in [-0.39, 0.29) is 5.78 Å². The van der Waals surface area contributed by atoms with Crippen LogP contribution in [0.15, 0.2) is 24.3 Å². The molecule has 1 saturated carbocycles. The molecule has 0 aliphatic heterocycles. The van der Waals surface area contributed by atoms with Gasteiger partial charge in [0.2, 0.25) is 0 Å². The fourth-order valence-electron chi connectivity index (χ4n) is 2.11. The number of hydrogen-bond acceptors (Lipinski definition) is 2. The zero-order chi connectivity index (χ0) is 12.3. The van der Waals surface area contributed by atoms with Crippen LogP contribution in [0.2, 0.25) is 0 Å². The molecule has 0 radical (unpaired) electrons. The first-order chi connectivity index (χ1) is 8.20. The normalized spacial score (nSPS) is 15.2. The lowest BCUT2D eigenvalue weighted by atomic mass is 10.1. The summed E-state index contributed by atoms with van der Waals surface area (Å²) in [4.78, 5) is 14.2. The Balaban J connectivity index is 1.93. The van der Waals surface area contributed by atoms with Crippen molar-refractivity contribution >= 4 is 5.78 Å². The summed E-state index contributed by atoms with van der Waals surface area (Å²) < 4.78 is 0. The molecule has 0 spiro atoms. The van der Waals surface area contributed by atoms with Crippen LogP contribution in [-0.2, 0) is 6.42 Å². The van der Waals surface area contributed by atoms with Crippen molar-refractivity contribution < 1.29 is 4.79 Å². The van der Waals surface area contributed by atoms with Crippen molar-refractivity contribution in [2.75, 3.05) is 13.6 Å². The Hall–Kier alpha value is -1.15. The van der Waals surface area contributed by atoms with Crippen LogP contribution in [0.1, 0.15) is 42.1 Å². The van der Waals surface area contributed by atoms with Gasteiger partial charge >= 0.3 is 0 Å². The number of carbonyl (C=O) groups excluding carboxylic acids is 1. The highest BCUT2D eigenvalue weighted by atomic mass is 16.1. The van der Waals surface area contributed by atoms with Gasteiger partial charge < -0.3 is 0 Å². The monoisotopic (exact) mass is 231 g/mol. The van der Waals surface area contributed by atoms with Gasteiger partial charge in [-0.25, -0.2) is 0 Å². The summed E-state index contributed by atoms with van der Waals surface area (Å²) in [5, 5.41) is 0. The Morgan fingerprint density at radius 1 is 1.29 bits per heavy atom. The number of likely N-dealkylation sites (N-methyl/N-ethyl adjacent to an activating group) is 1. The SMILES string of the molecule is CCCc1ccc(C(=O)CN(C)C2CC2)cc1. The standard InChI is InChI=1S/C15H21NO/c1-3-4-12-5-7-13(8-6-12)15(17)11-16(2)14-9-10-14/h5-8,14H,3-4,9-11H2,1-2H3. The maximum Gasteiger partial charge on any atom is 0.176 e. The number of ketones is 1. The molecule has 17 heavy (non-hydrogen) atoms. The van der Waals surface area contributed by atoms with E-state index in [1.807, 2.05) is 19.2 Å². The van der Waals surface area contributed by atoms with E-state index in [0.717, 1.165) is 18.4 Å². The van der Waals surface area contributed by atoms with Crippen LogP contribution in [0.5, 0.6) is 0 Å². The van der Waals surface area contributed by atoms with E-state index < -0.39 is 0 Å². The first-order valence-electron chi connectivity index (χ1n) is 6.53. The van der Waals surface area contributed by atoms with E-state index in [1.165, 1.54) is 18.4 Å². The Morgan fingerprint density at radius 2 is 1.94 bits per heavy atom. The summed E-state index contributed by atoms with van der Waals surface area (Å²) in [7, 11) is 2.04. The molecule has 0 N–H and O–H groups in total. The Bertz CT molecular complexity index is 378. The first-order valence-corrected chi connectivity index (χ1v) is 6.53. The van der Waals surface area contributed by atoms with Crippen molar-refractivity contribution in [2.24, 2.45) is 0 Å². The predicted molar refractivity (Wildman–Crippen MR) is 70.4 cm³/mol. The van der Waals surface area contributed by atoms with Crippen molar-refractivity contribution in [3.05, 3.63) is 35.4 Å². The lowest BCUT2D eigenvalue weighted by molar-refractivity contribution is 0.0942. The van der Waals surface area contributed by atoms with Gasteiger partial charge in [-0.05, 0) is 31.9 Å². The first kappa shape index (κ1) is 12.3. The average molecular weight is 231 g/mol. The molecule has 0 atom stereocenters. The molecule has 0 aromatic heterocycles. The molecule has 0 heterocycles. The van der Waals surface area contributed by atoms with Crippen molar-refractivity contribution in [3.63, 3.8) is 0 Å². The van der Waals surface area contributed by atoms with Crippen LogP contribution in [-0.4, -0.2) is 30.3 Å². The highest BCUT2D eigenvalue weighted by Gasteiger charge is 2.27. The Morgan fingerprint density at radius 3 is 2.47 bits per heavy atom. The number of rotatable bonds is 6. The zero-order valence-corrected chi connectivity index (χ0v) is 10.8. The number of nitrogens with zero attached hydrogens (tertiary/aromatic N) is 1. The topological polar surface area (TPSA) is 20.3 Å². The van der Waals surface area contributed by atoms with E-state index >= 15 is 0 Å². The lowest BCUT2D eigenvalue weighted by Crippen LogP contribution is -2.27. The van der Waals surface area contributed by atoms with Crippen LogP contribution < -0.4 is 0 Å². The van der Waals surface area contributed by atoms with Crippen LogP contribution in [0.25, 0.3) is 0 Å².